The van der Waals surface area contributed by atoms with Gasteiger partial charge in [-0.3, -0.25) is 0 Å². The van der Waals surface area contributed by atoms with Gasteiger partial charge < -0.3 is 27.9 Å². The van der Waals surface area contributed by atoms with Crippen molar-refractivity contribution in [3.8, 4) is 0 Å². The fourth-order valence-electron chi connectivity index (χ4n) is 10.5. The summed E-state index contributed by atoms with van der Waals surface area (Å²) >= 11 is 3.82. The molecule has 2 fully saturated rings. The van der Waals surface area contributed by atoms with E-state index in [1.165, 1.54) is 10.4 Å². The van der Waals surface area contributed by atoms with Crippen molar-refractivity contribution in [3.63, 3.8) is 0 Å². The standard InChI is InChI=1S/C58H96O8S3Si3/c1-42(38-48(59)52(69(60,61)45-30-23-20-24-31-45)43(2)40-50-53(64-57(13,14)63-50)58(15)67-36-29-37-68-58)39-49(65-70(16,17)54(4,5)6)51(66-71(18,19)55(7,8)9)44(3)41-62-72(56(10,11)12,46-32-25-21-26-33-46)47-34-27-22-28-35-47/h20-28,30-35,42-44,48-53,59H,29,36-41H2,1-19H3/t42-,43-,44+,48?,49+,50+,51+,52?,53-/m1/s1. The van der Waals surface area contributed by atoms with Crippen LogP contribution < -0.4 is 10.4 Å². The number of thioether (sulfide) groups is 2. The summed E-state index contributed by atoms with van der Waals surface area (Å²) in [4.78, 5) is 0.219. The van der Waals surface area contributed by atoms with E-state index < -0.39 is 57.8 Å². The van der Waals surface area contributed by atoms with E-state index in [4.69, 9.17) is 22.8 Å². The van der Waals surface area contributed by atoms with E-state index in [2.05, 4.69) is 170 Å². The zero-order chi connectivity index (χ0) is 53.9. The maximum atomic E-state index is 15.1. The van der Waals surface area contributed by atoms with E-state index in [9.17, 15) is 5.11 Å². The second kappa shape index (κ2) is 23.8. The van der Waals surface area contributed by atoms with Gasteiger partial charge in [0.1, 0.15) is 6.10 Å². The lowest BCUT2D eigenvalue weighted by molar-refractivity contribution is -0.147. The molecule has 0 aliphatic carbocycles. The minimum absolute atomic E-state index is 0.0869. The first-order chi connectivity index (χ1) is 33.1. The van der Waals surface area contributed by atoms with Crippen molar-refractivity contribution in [2.24, 2.45) is 17.8 Å². The molecule has 5 rings (SSSR count). The number of hydrogen-bond acceptors (Lipinski definition) is 10. The van der Waals surface area contributed by atoms with Crippen molar-refractivity contribution >= 4 is 68.7 Å². The first-order valence-electron chi connectivity index (χ1n) is 26.8. The topological polar surface area (TPSA) is 101 Å². The van der Waals surface area contributed by atoms with Gasteiger partial charge in [-0.25, -0.2) is 8.42 Å². The zero-order valence-electron chi connectivity index (χ0n) is 47.8. The molecule has 9 atom stereocenters. The third-order valence-electron chi connectivity index (χ3n) is 16.4. The minimum Gasteiger partial charge on any atom is -0.411 e. The highest BCUT2D eigenvalue weighted by molar-refractivity contribution is 8.18. The smallest absolute Gasteiger partial charge is 0.261 e. The molecule has 2 saturated heterocycles. The Labute approximate surface area is 450 Å². The molecule has 0 aromatic heterocycles. The normalized spacial score (nSPS) is 22.4. The van der Waals surface area contributed by atoms with Gasteiger partial charge in [0.15, 0.2) is 32.3 Å². The molecule has 1 N–H and O–H groups in total. The van der Waals surface area contributed by atoms with E-state index in [0.717, 1.165) is 17.9 Å². The molecule has 2 heterocycles. The fraction of sp³-hybridized carbons (Fsp3) is 0.690. The Morgan fingerprint density at radius 2 is 1.15 bits per heavy atom. The number of aliphatic hydroxyl groups excluding tert-OH is 1. The fourth-order valence-corrected chi connectivity index (χ4v) is 23.1. The predicted molar refractivity (Wildman–Crippen MR) is 314 cm³/mol. The van der Waals surface area contributed by atoms with Crippen molar-refractivity contribution in [1.29, 1.82) is 0 Å². The Balaban J connectivity index is 1.55. The molecule has 0 radical (unpaired) electrons. The predicted octanol–water partition coefficient (Wildman–Crippen LogP) is 13.7. The van der Waals surface area contributed by atoms with Crippen LogP contribution in [-0.2, 0) is 32.6 Å². The minimum atomic E-state index is -4.01. The largest absolute Gasteiger partial charge is 0.411 e. The lowest BCUT2D eigenvalue weighted by atomic mass is 9.87. The number of aliphatic hydroxyl groups is 1. The molecule has 0 saturated carbocycles. The van der Waals surface area contributed by atoms with Crippen molar-refractivity contribution in [2.45, 2.75) is 221 Å². The average Bonchev–Trinajstić information content (AvgIpc) is 3.59. The van der Waals surface area contributed by atoms with Crippen molar-refractivity contribution in [2.75, 3.05) is 18.1 Å². The van der Waals surface area contributed by atoms with Crippen LogP contribution in [0.2, 0.25) is 41.3 Å². The third-order valence-corrected chi connectivity index (χ3v) is 36.1. The molecule has 8 nitrogen and oxygen atoms in total. The van der Waals surface area contributed by atoms with Crippen LogP contribution in [0.5, 0.6) is 0 Å². The second-order valence-electron chi connectivity index (χ2n) is 26.1. The third kappa shape index (κ3) is 14.4. The number of hydrogen-bond donors (Lipinski definition) is 1. The van der Waals surface area contributed by atoms with Gasteiger partial charge in [-0.05, 0) is 134 Å². The number of ether oxygens (including phenoxy) is 2. The summed E-state index contributed by atoms with van der Waals surface area (Å²) in [5, 5.41) is 13.7. The van der Waals surface area contributed by atoms with Gasteiger partial charge in [0.05, 0.1) is 38.6 Å². The Bertz CT molecular complexity index is 2220. The first kappa shape index (κ1) is 61.6. The second-order valence-corrected chi connectivity index (χ2v) is 45.3. The Hall–Kier alpha value is -1.28. The van der Waals surface area contributed by atoms with E-state index in [1.807, 2.05) is 50.4 Å². The van der Waals surface area contributed by atoms with Crippen LogP contribution in [0.15, 0.2) is 95.9 Å². The molecular weight excluding hydrogens is 1010 g/mol. The molecular formula is C58H96O8S3Si3. The first-order valence-corrected chi connectivity index (χ1v) is 38.0. The summed E-state index contributed by atoms with van der Waals surface area (Å²) in [5.41, 5.74) is 0. The van der Waals surface area contributed by atoms with Gasteiger partial charge in [0, 0.05) is 12.5 Å². The van der Waals surface area contributed by atoms with Gasteiger partial charge in [-0.2, -0.15) is 0 Å². The van der Waals surface area contributed by atoms with Crippen LogP contribution in [0, 0.1) is 17.8 Å². The summed E-state index contributed by atoms with van der Waals surface area (Å²) in [6.45, 7) is 42.9. The van der Waals surface area contributed by atoms with Crippen LogP contribution in [0.4, 0.5) is 0 Å². The zero-order valence-corrected chi connectivity index (χ0v) is 53.3. The lowest BCUT2D eigenvalue weighted by Crippen LogP contribution is -2.67. The van der Waals surface area contributed by atoms with Gasteiger partial charge in [-0.1, -0.05) is 162 Å². The lowest BCUT2D eigenvalue weighted by Gasteiger charge is -2.48. The summed E-state index contributed by atoms with van der Waals surface area (Å²) in [5.74, 6) is 0.577. The molecule has 2 aliphatic heterocycles. The summed E-state index contributed by atoms with van der Waals surface area (Å²) in [7, 11) is -11.8. The Morgan fingerprint density at radius 3 is 1.62 bits per heavy atom. The van der Waals surface area contributed by atoms with Crippen molar-refractivity contribution in [3.05, 3.63) is 91.0 Å². The maximum Gasteiger partial charge on any atom is 0.261 e. The highest BCUT2D eigenvalue weighted by Gasteiger charge is 2.55. The summed E-state index contributed by atoms with van der Waals surface area (Å²) < 4.78 is 66.3. The van der Waals surface area contributed by atoms with E-state index in [1.54, 1.807) is 24.3 Å². The van der Waals surface area contributed by atoms with Gasteiger partial charge in [-0.15, -0.1) is 23.5 Å². The molecule has 406 valence electrons. The van der Waals surface area contributed by atoms with Crippen molar-refractivity contribution in [1.82, 2.24) is 0 Å². The van der Waals surface area contributed by atoms with Crippen LogP contribution in [0.1, 0.15) is 130 Å². The SMILES string of the molecule is C[C@H](CC(O)C([C@H](C)C[C@@H]1OC(C)(C)O[C@H]1C1(C)SCCCS1)S(=O)(=O)c1ccccc1)C[C@H](O[Si](C)(C)C(C)(C)C)[C@@H](O[Si](C)(C)C(C)(C)C)[C@@H](C)CO[Si](c1ccccc1)(c1ccccc1)C(C)(C)C. The average molecular weight is 1100 g/mol. The van der Waals surface area contributed by atoms with E-state index in [0.29, 0.717) is 19.4 Å². The van der Waals surface area contributed by atoms with Crippen LogP contribution in [0.3, 0.4) is 0 Å². The van der Waals surface area contributed by atoms with Crippen LogP contribution in [-0.4, -0.2) is 102 Å². The molecule has 14 heteroatoms. The maximum absolute atomic E-state index is 15.1. The van der Waals surface area contributed by atoms with E-state index in [-0.39, 0.29) is 66.8 Å². The molecule has 2 unspecified atom stereocenters. The van der Waals surface area contributed by atoms with Gasteiger partial charge in [0.25, 0.3) is 8.32 Å². The Kier molecular flexibility index (Phi) is 20.3. The van der Waals surface area contributed by atoms with Crippen LogP contribution in [0.25, 0.3) is 0 Å². The monoisotopic (exact) mass is 1100 g/mol. The molecule has 72 heavy (non-hydrogen) atoms. The quantitative estimate of drug-likeness (QED) is 0.0979. The molecule has 0 amide bonds. The van der Waals surface area contributed by atoms with Gasteiger partial charge >= 0.3 is 0 Å². The van der Waals surface area contributed by atoms with Gasteiger partial charge in [0.2, 0.25) is 0 Å². The molecule has 2 aliphatic rings. The highest BCUT2D eigenvalue weighted by atomic mass is 32.2. The summed E-state index contributed by atoms with van der Waals surface area (Å²) in [6, 6.07) is 30.3. The van der Waals surface area contributed by atoms with E-state index >= 15 is 8.42 Å². The number of benzene rings is 3. The molecule has 3 aromatic rings. The highest BCUT2D eigenvalue weighted by Crippen LogP contribution is 2.52. The Morgan fingerprint density at radius 1 is 0.681 bits per heavy atom. The molecule has 0 spiro atoms. The van der Waals surface area contributed by atoms with Crippen LogP contribution >= 0.6 is 23.5 Å². The number of sulfone groups is 1. The summed E-state index contributed by atoms with van der Waals surface area (Å²) in [6.07, 6.45) is -0.0708. The van der Waals surface area contributed by atoms with Crippen molar-refractivity contribution < 1.29 is 36.3 Å². The molecule has 3 aromatic carbocycles. The molecule has 0 bridgehead atoms. The number of rotatable bonds is 22.